The van der Waals surface area contributed by atoms with Gasteiger partial charge >= 0.3 is 0 Å². The van der Waals surface area contributed by atoms with E-state index in [1.165, 1.54) is 0 Å². The summed E-state index contributed by atoms with van der Waals surface area (Å²) in [7, 11) is 0. The maximum absolute atomic E-state index is 12.1. The third-order valence-corrected chi connectivity index (χ3v) is 3.80. The van der Waals surface area contributed by atoms with Gasteiger partial charge in [0.15, 0.2) is 0 Å². The Balaban J connectivity index is 0. The molecule has 0 unspecified atom stereocenters. The number of fused-ring (bicyclic) bond motifs is 1. The second-order valence-corrected chi connectivity index (χ2v) is 6.00. The first-order valence-corrected chi connectivity index (χ1v) is 8.82. The van der Waals surface area contributed by atoms with E-state index in [9.17, 15) is 9.59 Å². The quantitative estimate of drug-likeness (QED) is 0.321. The van der Waals surface area contributed by atoms with Crippen molar-refractivity contribution >= 4 is 23.2 Å². The number of carbonyl (C=O) groups is 2. The molecule has 0 saturated heterocycles. The van der Waals surface area contributed by atoms with Gasteiger partial charge in [-0.2, -0.15) is 0 Å². The van der Waals surface area contributed by atoms with Crippen LogP contribution < -0.4 is 10.6 Å². The van der Waals surface area contributed by atoms with E-state index in [-0.39, 0.29) is 14.7 Å². The molecule has 0 aliphatic carbocycles. The maximum Gasteiger partial charge on any atom is 0.251 e. The fourth-order valence-electron chi connectivity index (χ4n) is 2.33. The number of carbonyl (C=O) groups excluding carboxylic acids is 2. The molecule has 1 heterocycles. The number of amides is 2. The summed E-state index contributed by atoms with van der Waals surface area (Å²) in [6.45, 7) is 11.1. The second-order valence-electron chi connectivity index (χ2n) is 6.00. The van der Waals surface area contributed by atoms with E-state index in [2.05, 4.69) is 29.9 Å². The Bertz CT molecular complexity index is 777. The summed E-state index contributed by atoms with van der Waals surface area (Å²) >= 11 is 0. The molecule has 0 bridgehead atoms. The van der Waals surface area contributed by atoms with Crippen LogP contribution in [-0.4, -0.2) is 11.8 Å². The van der Waals surface area contributed by atoms with E-state index in [1.54, 1.807) is 25.2 Å². The highest BCUT2D eigenvalue weighted by Crippen LogP contribution is 2.29. The van der Waals surface area contributed by atoms with Gasteiger partial charge in [-0.3, -0.25) is 9.59 Å². The van der Waals surface area contributed by atoms with Crippen molar-refractivity contribution in [1.29, 1.82) is 0 Å². The number of hydrogen-bond donors (Lipinski definition) is 2. The molecule has 1 aliphatic heterocycles. The minimum Gasteiger partial charge on any atom is -0.326 e. The molecule has 0 spiro atoms. The summed E-state index contributed by atoms with van der Waals surface area (Å²) in [6, 6.07) is 3.80. The van der Waals surface area contributed by atoms with Crippen LogP contribution in [0, 0.1) is 6.92 Å². The predicted octanol–water partition coefficient (Wildman–Crippen LogP) is 5.57. The Labute approximate surface area is 159 Å². The first kappa shape index (κ1) is 21.2. The number of aryl methyl sites for hydroxylation is 2. The Hall–Kier alpha value is -2.84. The first-order chi connectivity index (χ1) is 12.4. The molecule has 0 saturated carbocycles. The van der Waals surface area contributed by atoms with Crippen LogP contribution in [0.5, 0.6) is 0 Å². The zero-order valence-electron chi connectivity index (χ0n) is 16.1. The molecule has 0 fully saturated rings. The first-order valence-electron chi connectivity index (χ1n) is 8.82. The van der Waals surface area contributed by atoms with Crippen molar-refractivity contribution < 1.29 is 12.4 Å². The molecule has 0 radical (unpaired) electrons. The van der Waals surface area contributed by atoms with Gasteiger partial charge in [-0.15, -0.1) is 12.3 Å². The highest BCUT2D eigenvalue weighted by Gasteiger charge is 2.18. The molecule has 0 atom stereocenters. The summed E-state index contributed by atoms with van der Waals surface area (Å²) < 4.78 is 0. The Morgan fingerprint density at radius 2 is 2.12 bits per heavy atom. The topological polar surface area (TPSA) is 58.2 Å². The van der Waals surface area contributed by atoms with Crippen LogP contribution in [-0.2, 0) is 16.0 Å². The summed E-state index contributed by atoms with van der Waals surface area (Å²) in [5.74, 6) is -0.102. The van der Waals surface area contributed by atoms with Gasteiger partial charge in [-0.1, -0.05) is 13.0 Å². The van der Waals surface area contributed by atoms with E-state index in [0.717, 1.165) is 28.9 Å². The van der Waals surface area contributed by atoms with Crippen molar-refractivity contribution in [2.75, 3.05) is 10.6 Å². The molecule has 1 aromatic carbocycles. The van der Waals surface area contributed by atoms with Gasteiger partial charge in [-0.05, 0) is 75.1 Å². The maximum atomic E-state index is 12.1. The second kappa shape index (κ2) is 10.9. The van der Waals surface area contributed by atoms with Crippen molar-refractivity contribution in [3.63, 3.8) is 0 Å². The Morgan fingerprint density at radius 1 is 1.42 bits per heavy atom. The van der Waals surface area contributed by atoms with Gasteiger partial charge in [-0.25, -0.2) is 0 Å². The summed E-state index contributed by atoms with van der Waals surface area (Å²) in [5, 5.41) is 5.78. The number of anilines is 2. The van der Waals surface area contributed by atoms with Crippen LogP contribution in [0.1, 0.15) is 47.6 Å². The van der Waals surface area contributed by atoms with E-state index < -0.39 is 0 Å². The van der Waals surface area contributed by atoms with Gasteiger partial charge < -0.3 is 10.6 Å². The van der Waals surface area contributed by atoms with Crippen LogP contribution in [0.2, 0.25) is 0 Å². The van der Waals surface area contributed by atoms with Crippen LogP contribution in [0.25, 0.3) is 0 Å². The summed E-state index contributed by atoms with van der Waals surface area (Å²) in [6.07, 6.45) is 9.35. The molecule has 26 heavy (non-hydrogen) atoms. The molecule has 0 aromatic heterocycles. The fourth-order valence-corrected chi connectivity index (χ4v) is 2.33. The van der Waals surface area contributed by atoms with Crippen LogP contribution in [0.3, 0.4) is 0 Å². The number of hydrogen-bond acceptors (Lipinski definition) is 2. The highest BCUT2D eigenvalue weighted by molar-refractivity contribution is 6.04. The number of benzene rings is 1. The van der Waals surface area contributed by atoms with E-state index in [4.69, 9.17) is 0 Å². The highest BCUT2D eigenvalue weighted by atomic mass is 16.2. The lowest BCUT2D eigenvalue weighted by Gasteiger charge is -2.20. The number of rotatable bonds is 4. The minimum absolute atomic E-state index is 0. The summed E-state index contributed by atoms with van der Waals surface area (Å²) in [4.78, 5) is 23.6. The van der Waals surface area contributed by atoms with Crippen molar-refractivity contribution in [3.05, 3.63) is 65.4 Å². The van der Waals surface area contributed by atoms with Crippen molar-refractivity contribution in [2.24, 2.45) is 0 Å². The molecule has 2 amide bonds. The molecule has 2 N–H and O–H groups in total. The van der Waals surface area contributed by atoms with E-state index in [0.29, 0.717) is 18.4 Å². The summed E-state index contributed by atoms with van der Waals surface area (Å²) in [5.41, 5.74) is 7.15. The molecular weight excluding hydrogens is 324 g/mol. The minimum atomic E-state index is -0.145. The average molecular weight is 357 g/mol. The standard InChI is InChI=1S/C18H20N2O2.C4H8.2H2/c1-4-5-6-7-12(2)18(22)19-15-10-13(3)17-14(11-15)8-9-16(21)20-17;1-3-4-2;;/h4,6-7,10-11H,8-9H2,1-3H3,(H,19,22)(H,20,21);3H,1,4H2,2H3;2*1H/b12-7+;;;. The molecule has 142 valence electrons. The van der Waals surface area contributed by atoms with Crippen molar-refractivity contribution in [2.45, 2.75) is 47.0 Å². The van der Waals surface area contributed by atoms with Crippen LogP contribution in [0.15, 0.2) is 54.3 Å². The molecule has 1 aliphatic rings. The lowest BCUT2D eigenvalue weighted by atomic mass is 9.98. The average Bonchev–Trinajstić information content (AvgIpc) is 2.62. The van der Waals surface area contributed by atoms with Gasteiger partial charge in [0.1, 0.15) is 0 Å². The van der Waals surface area contributed by atoms with Crippen molar-refractivity contribution in [1.82, 2.24) is 0 Å². The Kier molecular flexibility index (Phi) is 8.90. The predicted molar refractivity (Wildman–Crippen MR) is 114 cm³/mol. The van der Waals surface area contributed by atoms with Gasteiger partial charge in [0.25, 0.3) is 5.91 Å². The van der Waals surface area contributed by atoms with Gasteiger partial charge in [0.05, 0.1) is 0 Å². The van der Waals surface area contributed by atoms with E-state index in [1.807, 2.05) is 32.1 Å². The van der Waals surface area contributed by atoms with Crippen LogP contribution >= 0.6 is 0 Å². The number of allylic oxidation sites excluding steroid dienone is 3. The van der Waals surface area contributed by atoms with Gasteiger partial charge in [0, 0.05) is 26.2 Å². The molecule has 2 rings (SSSR count). The molecule has 4 heteroatoms. The lowest BCUT2D eigenvalue weighted by Crippen LogP contribution is -2.20. The van der Waals surface area contributed by atoms with Crippen molar-refractivity contribution in [3.8, 4) is 0 Å². The van der Waals surface area contributed by atoms with Crippen LogP contribution in [0.4, 0.5) is 11.4 Å². The molecule has 4 nitrogen and oxygen atoms in total. The van der Waals surface area contributed by atoms with E-state index >= 15 is 0 Å². The third kappa shape index (κ3) is 6.58. The number of nitrogens with one attached hydrogen (secondary N) is 2. The largest absolute Gasteiger partial charge is 0.326 e. The normalized spacial score (nSPS) is 12.5. The lowest BCUT2D eigenvalue weighted by molar-refractivity contribution is -0.116. The smallest absolute Gasteiger partial charge is 0.251 e. The molecule has 1 aromatic rings. The monoisotopic (exact) mass is 356 g/mol. The van der Waals surface area contributed by atoms with Gasteiger partial charge in [0.2, 0.25) is 5.91 Å². The fraction of sp³-hybridized carbons (Fsp3) is 0.318. The zero-order chi connectivity index (χ0) is 19.5. The SMILES string of the molecule is C=CCC.CC=C=C/C=C(\C)C(=O)Nc1cc(C)c2c(c1)CCC(=O)N2.[HH].[HH]. The Morgan fingerprint density at radius 3 is 2.73 bits per heavy atom. The zero-order valence-corrected chi connectivity index (χ0v) is 16.1. The third-order valence-electron chi connectivity index (χ3n) is 3.80. The molecular formula is C22H32N2O2.